The third kappa shape index (κ3) is 7.34. The second kappa shape index (κ2) is 14.0. The van der Waals surface area contributed by atoms with Gasteiger partial charge in [0.2, 0.25) is 0 Å². The standard InChI is InChI=1S/C22H25ClO4.H3OP/c1-3-4-5-9-15-27-22(25)19(16-11-7-6-8-12-16)21(24)20-17(23)13-10-14-18(20)26-2;1-2/h6-8,10-14,19H,3-5,9,15H2,1-2H3;2H3. The molecule has 0 spiro atoms. The smallest absolute Gasteiger partial charge is 0.321 e. The fourth-order valence-electron chi connectivity index (χ4n) is 2.88. The maximum absolute atomic E-state index is 13.3. The highest BCUT2D eigenvalue weighted by Gasteiger charge is 2.33. The van der Waals surface area contributed by atoms with Gasteiger partial charge in [0.1, 0.15) is 11.7 Å². The number of ether oxygens (including phenoxy) is 2. The number of carbonyl (C=O) groups is 2. The lowest BCUT2D eigenvalue weighted by molar-refractivity contribution is -0.144. The number of hydrogen-bond donors (Lipinski definition) is 0. The maximum atomic E-state index is 13.3. The van der Waals surface area contributed by atoms with Crippen LogP contribution < -0.4 is 4.74 Å². The first-order valence-corrected chi connectivity index (χ1v) is 10.4. The van der Waals surface area contributed by atoms with E-state index in [4.69, 9.17) is 25.6 Å². The minimum Gasteiger partial charge on any atom is -0.496 e. The van der Waals surface area contributed by atoms with Crippen LogP contribution in [0, 0.1) is 0 Å². The summed E-state index contributed by atoms with van der Waals surface area (Å²) in [4.78, 5) is 26.0. The summed E-state index contributed by atoms with van der Waals surface area (Å²) in [5.74, 6) is -1.73. The van der Waals surface area contributed by atoms with Crippen LogP contribution in [0.2, 0.25) is 5.02 Å². The van der Waals surface area contributed by atoms with Crippen molar-refractivity contribution >= 4 is 32.5 Å². The molecule has 2 rings (SSSR count). The Kier molecular flexibility index (Phi) is 12.0. The molecular formula is C22H28ClO5P. The van der Waals surface area contributed by atoms with E-state index >= 15 is 0 Å². The lowest BCUT2D eigenvalue weighted by atomic mass is 9.90. The third-order valence-corrected chi connectivity index (χ3v) is 4.63. The summed E-state index contributed by atoms with van der Waals surface area (Å²) in [6, 6.07) is 13.8. The average molecular weight is 439 g/mol. The van der Waals surface area contributed by atoms with E-state index in [9.17, 15) is 9.59 Å². The number of rotatable bonds is 10. The third-order valence-electron chi connectivity index (χ3n) is 4.31. The van der Waals surface area contributed by atoms with Gasteiger partial charge in [0.05, 0.1) is 33.4 Å². The zero-order chi connectivity index (χ0) is 21.6. The first kappa shape index (κ1) is 24.9. The number of esters is 1. The molecule has 0 saturated carbocycles. The fraction of sp³-hybridized carbons (Fsp3) is 0.364. The van der Waals surface area contributed by atoms with Crippen LogP contribution in [0.1, 0.15) is 54.4 Å². The van der Waals surface area contributed by atoms with E-state index in [1.807, 2.05) is 6.07 Å². The molecule has 0 radical (unpaired) electrons. The van der Waals surface area contributed by atoms with Crippen LogP contribution in [0.4, 0.5) is 0 Å². The van der Waals surface area contributed by atoms with Crippen molar-refractivity contribution in [2.45, 2.75) is 38.5 Å². The second-order valence-electron chi connectivity index (χ2n) is 6.25. The Hall–Kier alpha value is -2.10. The number of carbonyl (C=O) groups excluding carboxylic acids is 2. The van der Waals surface area contributed by atoms with E-state index in [0.717, 1.165) is 25.7 Å². The Morgan fingerprint density at radius 1 is 1.00 bits per heavy atom. The predicted octanol–water partition coefficient (Wildman–Crippen LogP) is 5.38. The molecule has 5 nitrogen and oxygen atoms in total. The van der Waals surface area contributed by atoms with Crippen LogP contribution in [-0.2, 0) is 14.1 Å². The summed E-state index contributed by atoms with van der Waals surface area (Å²) in [5, 5.41) is 0.246. The van der Waals surface area contributed by atoms with E-state index in [-0.39, 0.29) is 10.6 Å². The fourth-order valence-corrected chi connectivity index (χ4v) is 3.14. The van der Waals surface area contributed by atoms with Gasteiger partial charge in [-0.05, 0) is 24.1 Å². The zero-order valence-electron chi connectivity index (χ0n) is 16.9. The Morgan fingerprint density at radius 3 is 2.31 bits per heavy atom. The van der Waals surface area contributed by atoms with Gasteiger partial charge in [-0.2, -0.15) is 0 Å². The van der Waals surface area contributed by atoms with Crippen molar-refractivity contribution in [3.8, 4) is 5.75 Å². The van der Waals surface area contributed by atoms with Crippen molar-refractivity contribution in [1.29, 1.82) is 0 Å². The zero-order valence-corrected chi connectivity index (χ0v) is 19.0. The van der Waals surface area contributed by atoms with Crippen LogP contribution in [0.3, 0.4) is 0 Å². The second-order valence-corrected chi connectivity index (χ2v) is 6.66. The molecule has 0 fully saturated rings. The van der Waals surface area contributed by atoms with Crippen molar-refractivity contribution in [2.75, 3.05) is 13.7 Å². The summed E-state index contributed by atoms with van der Waals surface area (Å²) in [6.45, 7) is 2.42. The quantitative estimate of drug-likeness (QED) is 0.164. The first-order chi connectivity index (χ1) is 14.1. The van der Waals surface area contributed by atoms with Gasteiger partial charge in [0.15, 0.2) is 5.78 Å². The predicted molar refractivity (Wildman–Crippen MR) is 118 cm³/mol. The topological polar surface area (TPSA) is 69.7 Å². The highest BCUT2D eigenvalue weighted by Crippen LogP contribution is 2.32. The molecule has 2 aromatic rings. The Balaban J connectivity index is 0.00000204. The van der Waals surface area contributed by atoms with E-state index in [1.54, 1.807) is 42.5 Å². The van der Waals surface area contributed by atoms with Gasteiger partial charge in [-0.15, -0.1) is 0 Å². The molecule has 0 aliphatic heterocycles. The monoisotopic (exact) mass is 438 g/mol. The van der Waals surface area contributed by atoms with E-state index in [2.05, 4.69) is 6.92 Å². The lowest BCUT2D eigenvalue weighted by Gasteiger charge is -2.18. The van der Waals surface area contributed by atoms with Crippen LogP contribution >= 0.6 is 20.7 Å². The van der Waals surface area contributed by atoms with Crippen LogP contribution in [0.25, 0.3) is 0 Å². The van der Waals surface area contributed by atoms with Gasteiger partial charge in [-0.25, -0.2) is 0 Å². The molecule has 29 heavy (non-hydrogen) atoms. The van der Waals surface area contributed by atoms with Gasteiger partial charge in [0.25, 0.3) is 0 Å². The van der Waals surface area contributed by atoms with Crippen molar-refractivity contribution in [2.24, 2.45) is 0 Å². The molecule has 0 aliphatic carbocycles. The molecule has 2 aromatic carbocycles. The minimum absolute atomic E-state index is 0.193. The van der Waals surface area contributed by atoms with E-state index in [0.29, 0.717) is 27.0 Å². The highest BCUT2D eigenvalue weighted by atomic mass is 35.5. The Bertz CT molecular complexity index is 782. The normalized spacial score (nSPS) is 11.1. The van der Waals surface area contributed by atoms with Crippen LogP contribution in [-0.4, -0.2) is 25.5 Å². The summed E-state index contributed by atoms with van der Waals surface area (Å²) in [5.41, 5.74) is 0.765. The van der Waals surface area contributed by atoms with Gasteiger partial charge in [-0.1, -0.05) is 74.2 Å². The number of hydrogen-bond acceptors (Lipinski definition) is 5. The summed E-state index contributed by atoms with van der Waals surface area (Å²) >= 11 is 6.25. The summed E-state index contributed by atoms with van der Waals surface area (Å²) in [7, 11) is 2.08. The van der Waals surface area contributed by atoms with E-state index < -0.39 is 17.7 Å². The number of unbranched alkanes of at least 4 members (excludes halogenated alkanes) is 3. The number of ketones is 1. The molecule has 0 amide bonds. The van der Waals surface area contributed by atoms with Crippen LogP contribution in [0.5, 0.6) is 5.75 Å². The maximum Gasteiger partial charge on any atom is 0.321 e. The number of methoxy groups -OCH3 is 1. The Labute approximate surface area is 179 Å². The Morgan fingerprint density at radius 2 is 1.69 bits per heavy atom. The molecule has 0 aliphatic rings. The number of halogens is 1. The van der Waals surface area contributed by atoms with Gasteiger partial charge < -0.3 is 14.0 Å². The molecule has 0 N–H and O–H groups in total. The van der Waals surface area contributed by atoms with Crippen molar-refractivity contribution in [3.05, 3.63) is 64.7 Å². The largest absolute Gasteiger partial charge is 0.496 e. The molecule has 2 unspecified atom stereocenters. The summed E-state index contributed by atoms with van der Waals surface area (Å²) < 4.78 is 19.0. The minimum atomic E-state index is -1.08. The lowest BCUT2D eigenvalue weighted by Crippen LogP contribution is -2.25. The highest BCUT2D eigenvalue weighted by molar-refractivity contribution is 7.00. The van der Waals surface area contributed by atoms with E-state index in [1.165, 1.54) is 7.11 Å². The van der Waals surface area contributed by atoms with Crippen molar-refractivity contribution in [3.63, 3.8) is 0 Å². The molecule has 0 saturated heterocycles. The number of Topliss-reactive ketones (excluding diaryl/α,β-unsaturated/α-hetero) is 1. The molecular weight excluding hydrogens is 411 g/mol. The van der Waals surface area contributed by atoms with Gasteiger partial charge in [-0.3, -0.25) is 9.59 Å². The van der Waals surface area contributed by atoms with Gasteiger partial charge in [0, 0.05) is 0 Å². The van der Waals surface area contributed by atoms with Crippen molar-refractivity contribution < 1.29 is 23.6 Å². The summed E-state index contributed by atoms with van der Waals surface area (Å²) in [6.07, 6.45) is 3.97. The van der Waals surface area contributed by atoms with Gasteiger partial charge >= 0.3 is 5.97 Å². The average Bonchev–Trinajstić information content (AvgIpc) is 2.75. The van der Waals surface area contributed by atoms with Crippen molar-refractivity contribution in [1.82, 2.24) is 0 Å². The molecule has 0 bridgehead atoms. The molecule has 2 atom stereocenters. The first-order valence-electron chi connectivity index (χ1n) is 9.47. The van der Waals surface area contributed by atoms with Crippen LogP contribution in [0.15, 0.2) is 48.5 Å². The molecule has 0 heterocycles. The molecule has 7 heteroatoms. The molecule has 158 valence electrons. The molecule has 0 aromatic heterocycles. The SMILES string of the molecule is CCCCCCOC(=O)C(C(=O)c1c(Cl)cccc1OC)c1ccccc1.O=[PH3]. The number of benzene rings is 2.